The van der Waals surface area contributed by atoms with Gasteiger partial charge in [-0.15, -0.1) is 0 Å². The maximum absolute atomic E-state index is 13.5. The van der Waals surface area contributed by atoms with Crippen molar-refractivity contribution in [3.05, 3.63) is 34.1 Å². The van der Waals surface area contributed by atoms with E-state index in [2.05, 4.69) is 28.2 Å². The van der Waals surface area contributed by atoms with E-state index in [-0.39, 0.29) is 24.2 Å². The molecule has 0 spiro atoms. The first kappa shape index (κ1) is 14.5. The average molecular weight is 328 g/mol. The topological polar surface area (TPSA) is 29.1 Å². The van der Waals surface area contributed by atoms with E-state index in [4.69, 9.17) is 0 Å². The number of carbonyl (C=O) groups excluding carboxylic acids is 1. The lowest BCUT2D eigenvalue weighted by Crippen LogP contribution is -2.32. The number of carbonyl (C=O) groups is 1. The van der Waals surface area contributed by atoms with Gasteiger partial charge in [0, 0.05) is 22.5 Å². The minimum atomic E-state index is -0.277. The minimum absolute atomic E-state index is 0.0614. The Kier molecular flexibility index (Phi) is 4.97. The third kappa shape index (κ3) is 4.03. The number of benzene rings is 1. The summed E-state index contributed by atoms with van der Waals surface area (Å²) >= 11 is 3.31. The Morgan fingerprint density at radius 3 is 2.74 bits per heavy atom. The molecule has 4 heteroatoms. The quantitative estimate of drug-likeness (QED) is 0.892. The van der Waals surface area contributed by atoms with Gasteiger partial charge in [0.05, 0.1) is 0 Å². The number of halogens is 2. The zero-order valence-corrected chi connectivity index (χ0v) is 12.7. The first-order valence-electron chi connectivity index (χ1n) is 6.78. The predicted molar refractivity (Wildman–Crippen MR) is 77.1 cm³/mol. The van der Waals surface area contributed by atoms with Gasteiger partial charge in [-0.3, -0.25) is 4.79 Å². The molecule has 1 aliphatic carbocycles. The summed E-state index contributed by atoms with van der Waals surface area (Å²) < 4.78 is 14.4. The Hall–Kier alpha value is -0.900. The summed E-state index contributed by atoms with van der Waals surface area (Å²) in [6.45, 7) is 2.49. The van der Waals surface area contributed by atoms with Crippen LogP contribution in [0.1, 0.15) is 38.2 Å². The highest BCUT2D eigenvalue weighted by Crippen LogP contribution is 2.28. The Bertz CT molecular complexity index is 455. The van der Waals surface area contributed by atoms with Crippen LogP contribution in [-0.2, 0) is 11.3 Å². The molecular formula is C15H19BrFNO. The van der Waals surface area contributed by atoms with Gasteiger partial charge in [-0.2, -0.15) is 0 Å². The Labute approximate surface area is 121 Å². The van der Waals surface area contributed by atoms with Gasteiger partial charge in [0.15, 0.2) is 0 Å². The van der Waals surface area contributed by atoms with Crippen molar-refractivity contribution in [2.75, 3.05) is 0 Å². The molecule has 2 nitrogen and oxygen atoms in total. The Balaban J connectivity index is 1.88. The van der Waals surface area contributed by atoms with Gasteiger partial charge in [-0.25, -0.2) is 4.39 Å². The van der Waals surface area contributed by atoms with E-state index in [1.165, 1.54) is 6.07 Å². The second-order valence-corrected chi connectivity index (χ2v) is 6.33. The van der Waals surface area contributed by atoms with Crippen LogP contribution in [0.4, 0.5) is 4.39 Å². The maximum Gasteiger partial charge on any atom is 0.223 e. The maximum atomic E-state index is 13.5. The molecule has 0 bridgehead atoms. The van der Waals surface area contributed by atoms with Gasteiger partial charge < -0.3 is 5.32 Å². The molecule has 0 unspecified atom stereocenters. The number of nitrogens with one attached hydrogen (secondary N) is 1. The van der Waals surface area contributed by atoms with E-state index in [1.807, 2.05) is 0 Å². The SMILES string of the molecule is CC1CCC(C(=O)NCc2cc(Br)ccc2F)CC1. The standard InChI is InChI=1S/C15H19BrFNO/c1-10-2-4-11(5-3-10)15(19)18-9-12-8-13(16)6-7-14(12)17/h6-8,10-11H,2-5,9H2,1H3,(H,18,19). The molecule has 1 fully saturated rings. The third-order valence-electron chi connectivity index (χ3n) is 3.85. The van der Waals surface area contributed by atoms with Crippen LogP contribution in [0.25, 0.3) is 0 Å². The summed E-state index contributed by atoms with van der Waals surface area (Å²) in [6, 6.07) is 4.77. The first-order chi connectivity index (χ1) is 9.06. The highest BCUT2D eigenvalue weighted by molar-refractivity contribution is 9.10. The molecule has 1 saturated carbocycles. The highest BCUT2D eigenvalue weighted by Gasteiger charge is 2.24. The van der Waals surface area contributed by atoms with Crippen LogP contribution in [-0.4, -0.2) is 5.91 Å². The van der Waals surface area contributed by atoms with Crippen molar-refractivity contribution in [1.82, 2.24) is 5.32 Å². The fourth-order valence-electron chi connectivity index (χ4n) is 2.53. The van der Waals surface area contributed by atoms with Gasteiger partial charge in [0.25, 0.3) is 0 Å². The van der Waals surface area contributed by atoms with E-state index in [9.17, 15) is 9.18 Å². The van der Waals surface area contributed by atoms with Crippen molar-refractivity contribution >= 4 is 21.8 Å². The summed E-state index contributed by atoms with van der Waals surface area (Å²) in [6.07, 6.45) is 4.13. The van der Waals surface area contributed by atoms with Crippen LogP contribution >= 0.6 is 15.9 Å². The summed E-state index contributed by atoms with van der Waals surface area (Å²) in [5.41, 5.74) is 0.520. The van der Waals surface area contributed by atoms with Gasteiger partial charge in [0.2, 0.25) is 5.91 Å². The molecule has 104 valence electrons. The largest absolute Gasteiger partial charge is 0.352 e. The van der Waals surface area contributed by atoms with E-state index in [1.54, 1.807) is 12.1 Å². The van der Waals surface area contributed by atoms with Crippen molar-refractivity contribution in [2.45, 2.75) is 39.2 Å². The van der Waals surface area contributed by atoms with Gasteiger partial charge in [0.1, 0.15) is 5.82 Å². The summed E-state index contributed by atoms with van der Waals surface area (Å²) in [5.74, 6) is 0.616. The molecule has 0 aliphatic heterocycles. The summed E-state index contributed by atoms with van der Waals surface area (Å²) in [4.78, 5) is 12.0. The normalized spacial score (nSPS) is 23.1. The molecule has 1 aliphatic rings. The molecule has 19 heavy (non-hydrogen) atoms. The average Bonchev–Trinajstić information content (AvgIpc) is 2.40. The molecule has 0 aromatic heterocycles. The number of hydrogen-bond acceptors (Lipinski definition) is 1. The predicted octanol–water partition coefficient (Wildman–Crippen LogP) is 4.03. The van der Waals surface area contributed by atoms with Crippen molar-refractivity contribution in [1.29, 1.82) is 0 Å². The fourth-order valence-corrected chi connectivity index (χ4v) is 2.94. The highest BCUT2D eigenvalue weighted by atomic mass is 79.9. The third-order valence-corrected chi connectivity index (χ3v) is 4.34. The molecule has 1 N–H and O–H groups in total. The molecule has 2 rings (SSSR count). The second kappa shape index (κ2) is 6.51. The minimum Gasteiger partial charge on any atom is -0.352 e. The van der Waals surface area contributed by atoms with Crippen molar-refractivity contribution in [3.63, 3.8) is 0 Å². The molecule has 1 aromatic rings. The number of amides is 1. The summed E-state index contributed by atoms with van der Waals surface area (Å²) in [5, 5.41) is 2.85. The van der Waals surface area contributed by atoms with Crippen molar-refractivity contribution in [3.8, 4) is 0 Å². The molecule has 0 heterocycles. The van der Waals surface area contributed by atoms with Gasteiger partial charge in [-0.1, -0.05) is 22.9 Å². The lowest BCUT2D eigenvalue weighted by atomic mass is 9.82. The molecule has 0 radical (unpaired) electrons. The molecule has 1 amide bonds. The zero-order valence-electron chi connectivity index (χ0n) is 11.1. The van der Waals surface area contributed by atoms with Crippen molar-refractivity contribution in [2.24, 2.45) is 11.8 Å². The molecule has 0 atom stereocenters. The van der Waals surface area contributed by atoms with Crippen LogP contribution in [0.3, 0.4) is 0 Å². The molecule has 1 aromatic carbocycles. The second-order valence-electron chi connectivity index (χ2n) is 5.41. The van der Waals surface area contributed by atoms with E-state index >= 15 is 0 Å². The first-order valence-corrected chi connectivity index (χ1v) is 7.57. The lowest BCUT2D eigenvalue weighted by molar-refractivity contribution is -0.126. The summed E-state index contributed by atoms with van der Waals surface area (Å²) in [7, 11) is 0. The van der Waals surface area contributed by atoms with Crippen molar-refractivity contribution < 1.29 is 9.18 Å². The van der Waals surface area contributed by atoms with Crippen LogP contribution in [0.5, 0.6) is 0 Å². The lowest BCUT2D eigenvalue weighted by Gasteiger charge is -2.25. The number of rotatable bonds is 3. The Morgan fingerprint density at radius 2 is 2.05 bits per heavy atom. The molecular weight excluding hydrogens is 309 g/mol. The number of hydrogen-bond donors (Lipinski definition) is 1. The monoisotopic (exact) mass is 327 g/mol. The molecule has 0 saturated heterocycles. The Morgan fingerprint density at radius 1 is 1.37 bits per heavy atom. The van der Waals surface area contributed by atoms with Crippen LogP contribution in [0, 0.1) is 17.7 Å². The zero-order chi connectivity index (χ0) is 13.8. The van der Waals surface area contributed by atoms with Crippen LogP contribution in [0.2, 0.25) is 0 Å². The van der Waals surface area contributed by atoms with Gasteiger partial charge in [-0.05, 0) is 49.8 Å². The van der Waals surface area contributed by atoms with E-state index < -0.39 is 0 Å². The smallest absolute Gasteiger partial charge is 0.223 e. The van der Waals surface area contributed by atoms with Crippen LogP contribution in [0.15, 0.2) is 22.7 Å². The van der Waals surface area contributed by atoms with Crippen LogP contribution < -0.4 is 5.32 Å². The fraction of sp³-hybridized carbons (Fsp3) is 0.533. The van der Waals surface area contributed by atoms with Gasteiger partial charge >= 0.3 is 0 Å². The van der Waals surface area contributed by atoms with E-state index in [0.29, 0.717) is 5.56 Å². The van der Waals surface area contributed by atoms with E-state index in [0.717, 1.165) is 36.1 Å².